The predicted octanol–water partition coefficient (Wildman–Crippen LogP) is 3.81. The third kappa shape index (κ3) is 3.36. The highest BCUT2D eigenvalue weighted by Gasteiger charge is 2.16. The van der Waals surface area contributed by atoms with Gasteiger partial charge in [-0.1, -0.05) is 42.0 Å². The topological polar surface area (TPSA) is 29.5 Å². The van der Waals surface area contributed by atoms with Crippen molar-refractivity contribution in [2.24, 2.45) is 0 Å². The first-order valence-electron chi connectivity index (χ1n) is 6.68. The molecule has 1 unspecified atom stereocenters. The summed E-state index contributed by atoms with van der Waals surface area (Å²) in [7, 11) is 1.42. The lowest BCUT2D eigenvalue weighted by Gasteiger charge is -2.13. The van der Waals surface area contributed by atoms with Crippen molar-refractivity contribution in [2.45, 2.75) is 25.9 Å². The molecular formula is C17H19FO2. The van der Waals surface area contributed by atoms with Crippen LogP contribution in [0.5, 0.6) is 5.75 Å². The molecule has 106 valence electrons. The van der Waals surface area contributed by atoms with E-state index >= 15 is 0 Å². The summed E-state index contributed by atoms with van der Waals surface area (Å²) in [5, 5.41) is 10.1. The minimum absolute atomic E-state index is 0.164. The highest BCUT2D eigenvalue weighted by molar-refractivity contribution is 5.32. The van der Waals surface area contributed by atoms with Crippen LogP contribution in [0.1, 0.15) is 29.2 Å². The van der Waals surface area contributed by atoms with Crippen LogP contribution in [0, 0.1) is 12.7 Å². The Kier molecular flexibility index (Phi) is 4.74. The second kappa shape index (κ2) is 6.53. The van der Waals surface area contributed by atoms with E-state index < -0.39 is 11.9 Å². The summed E-state index contributed by atoms with van der Waals surface area (Å²) >= 11 is 0. The number of aliphatic hydroxyl groups is 1. The Bertz CT molecular complexity index is 564. The Hall–Kier alpha value is -1.87. The molecule has 0 bridgehead atoms. The second-order valence-electron chi connectivity index (χ2n) is 4.90. The third-order valence-corrected chi connectivity index (χ3v) is 3.40. The first-order valence-corrected chi connectivity index (χ1v) is 6.68. The molecule has 2 aromatic carbocycles. The average Bonchev–Trinajstić information content (AvgIpc) is 2.46. The number of benzene rings is 2. The van der Waals surface area contributed by atoms with Crippen molar-refractivity contribution in [2.75, 3.05) is 7.11 Å². The van der Waals surface area contributed by atoms with Crippen LogP contribution in [0.2, 0.25) is 0 Å². The van der Waals surface area contributed by atoms with Crippen molar-refractivity contribution in [3.05, 3.63) is 65.0 Å². The van der Waals surface area contributed by atoms with E-state index in [1.54, 1.807) is 18.2 Å². The van der Waals surface area contributed by atoms with E-state index in [9.17, 15) is 9.50 Å². The monoisotopic (exact) mass is 274 g/mol. The summed E-state index contributed by atoms with van der Waals surface area (Å²) < 4.78 is 18.9. The number of aryl methyl sites for hydroxylation is 2. The molecule has 1 atom stereocenters. The molecule has 2 aromatic rings. The van der Waals surface area contributed by atoms with Gasteiger partial charge in [-0.3, -0.25) is 0 Å². The molecule has 0 spiro atoms. The average molecular weight is 274 g/mol. The van der Waals surface area contributed by atoms with E-state index in [1.165, 1.54) is 12.7 Å². The molecule has 0 saturated heterocycles. The van der Waals surface area contributed by atoms with Crippen molar-refractivity contribution >= 4 is 0 Å². The van der Waals surface area contributed by atoms with E-state index in [4.69, 9.17) is 4.74 Å². The number of hydrogen-bond acceptors (Lipinski definition) is 2. The van der Waals surface area contributed by atoms with Crippen LogP contribution in [-0.2, 0) is 6.42 Å². The highest BCUT2D eigenvalue weighted by Crippen LogP contribution is 2.27. The van der Waals surface area contributed by atoms with Crippen LogP contribution in [0.3, 0.4) is 0 Å². The minimum atomic E-state index is -0.827. The largest absolute Gasteiger partial charge is 0.494 e. The lowest BCUT2D eigenvalue weighted by atomic mass is 10.00. The summed E-state index contributed by atoms with van der Waals surface area (Å²) in [5.74, 6) is -0.316. The summed E-state index contributed by atoms with van der Waals surface area (Å²) in [5.41, 5.74) is 2.63. The fourth-order valence-electron chi connectivity index (χ4n) is 2.16. The van der Waals surface area contributed by atoms with E-state index in [0.717, 1.165) is 5.56 Å². The summed E-state index contributed by atoms with van der Waals surface area (Å²) in [4.78, 5) is 0. The van der Waals surface area contributed by atoms with Crippen LogP contribution < -0.4 is 4.74 Å². The van der Waals surface area contributed by atoms with Crippen molar-refractivity contribution in [1.82, 2.24) is 0 Å². The van der Waals surface area contributed by atoms with Crippen LogP contribution in [0.25, 0.3) is 0 Å². The van der Waals surface area contributed by atoms with Gasteiger partial charge in [-0.05, 0) is 31.4 Å². The molecule has 20 heavy (non-hydrogen) atoms. The minimum Gasteiger partial charge on any atom is -0.494 e. The Labute approximate surface area is 118 Å². The standard InChI is InChI=1S/C17H19FO2/c1-12-6-8-13(9-7-12)10-11-15(19)14-4-3-5-16(20-2)17(14)18/h3-9,15,19H,10-11H2,1-2H3. The summed E-state index contributed by atoms with van der Waals surface area (Å²) in [6, 6.07) is 13.0. The Morgan fingerprint density at radius 2 is 1.85 bits per heavy atom. The van der Waals surface area contributed by atoms with E-state index in [2.05, 4.69) is 0 Å². The lowest BCUT2D eigenvalue weighted by molar-refractivity contribution is 0.162. The quantitative estimate of drug-likeness (QED) is 0.898. The van der Waals surface area contributed by atoms with Crippen molar-refractivity contribution in [3.8, 4) is 5.75 Å². The van der Waals surface area contributed by atoms with Crippen LogP contribution >= 0.6 is 0 Å². The van der Waals surface area contributed by atoms with Gasteiger partial charge in [0.15, 0.2) is 11.6 Å². The molecule has 0 aliphatic carbocycles. The van der Waals surface area contributed by atoms with Gasteiger partial charge < -0.3 is 9.84 Å². The van der Waals surface area contributed by atoms with Gasteiger partial charge in [-0.15, -0.1) is 0 Å². The third-order valence-electron chi connectivity index (χ3n) is 3.40. The Morgan fingerprint density at radius 3 is 2.50 bits per heavy atom. The highest BCUT2D eigenvalue weighted by atomic mass is 19.1. The molecule has 0 aliphatic rings. The number of aliphatic hydroxyl groups excluding tert-OH is 1. The number of hydrogen-bond donors (Lipinski definition) is 1. The van der Waals surface area contributed by atoms with Crippen molar-refractivity contribution < 1.29 is 14.2 Å². The van der Waals surface area contributed by atoms with Crippen molar-refractivity contribution in [3.63, 3.8) is 0 Å². The summed E-state index contributed by atoms with van der Waals surface area (Å²) in [6.07, 6.45) is 0.358. The van der Waals surface area contributed by atoms with E-state index in [-0.39, 0.29) is 11.3 Å². The van der Waals surface area contributed by atoms with Crippen LogP contribution in [0.4, 0.5) is 4.39 Å². The predicted molar refractivity (Wildman–Crippen MR) is 77.4 cm³/mol. The first-order chi connectivity index (χ1) is 9.61. The maximum Gasteiger partial charge on any atom is 0.170 e. The number of ether oxygens (including phenoxy) is 1. The molecule has 0 aromatic heterocycles. The van der Waals surface area contributed by atoms with Gasteiger partial charge in [0.1, 0.15) is 0 Å². The molecule has 2 rings (SSSR count). The zero-order chi connectivity index (χ0) is 14.5. The second-order valence-corrected chi connectivity index (χ2v) is 4.90. The van der Waals surface area contributed by atoms with Gasteiger partial charge in [0.2, 0.25) is 0 Å². The number of halogens is 1. The maximum atomic E-state index is 14.0. The van der Waals surface area contributed by atoms with Gasteiger partial charge in [-0.25, -0.2) is 4.39 Å². The van der Waals surface area contributed by atoms with Crippen LogP contribution in [0.15, 0.2) is 42.5 Å². The van der Waals surface area contributed by atoms with E-state index in [1.807, 2.05) is 31.2 Å². The number of methoxy groups -OCH3 is 1. The smallest absolute Gasteiger partial charge is 0.170 e. The van der Waals surface area contributed by atoms with Crippen LogP contribution in [-0.4, -0.2) is 12.2 Å². The molecule has 0 saturated carbocycles. The molecule has 0 aliphatic heterocycles. The molecule has 0 heterocycles. The molecule has 2 nitrogen and oxygen atoms in total. The van der Waals surface area contributed by atoms with Gasteiger partial charge in [0.05, 0.1) is 13.2 Å². The van der Waals surface area contributed by atoms with Gasteiger partial charge >= 0.3 is 0 Å². The zero-order valence-corrected chi connectivity index (χ0v) is 11.8. The van der Waals surface area contributed by atoms with Gasteiger partial charge in [0.25, 0.3) is 0 Å². The van der Waals surface area contributed by atoms with Gasteiger partial charge in [-0.2, -0.15) is 0 Å². The molecular weight excluding hydrogens is 255 g/mol. The number of rotatable bonds is 5. The normalized spacial score (nSPS) is 12.2. The molecule has 1 N–H and O–H groups in total. The van der Waals surface area contributed by atoms with Gasteiger partial charge in [0, 0.05) is 5.56 Å². The molecule has 0 amide bonds. The summed E-state index contributed by atoms with van der Waals surface area (Å²) in [6.45, 7) is 2.03. The zero-order valence-electron chi connectivity index (χ0n) is 11.8. The molecule has 0 radical (unpaired) electrons. The lowest BCUT2D eigenvalue weighted by Crippen LogP contribution is -2.04. The SMILES string of the molecule is COc1cccc(C(O)CCc2ccc(C)cc2)c1F. The Balaban J connectivity index is 2.05. The first kappa shape index (κ1) is 14.5. The molecule has 3 heteroatoms. The maximum absolute atomic E-state index is 14.0. The Morgan fingerprint density at radius 1 is 1.15 bits per heavy atom. The van der Waals surface area contributed by atoms with Crippen molar-refractivity contribution in [1.29, 1.82) is 0 Å². The fourth-order valence-corrected chi connectivity index (χ4v) is 2.16. The van der Waals surface area contributed by atoms with E-state index in [0.29, 0.717) is 12.8 Å². The molecule has 0 fully saturated rings. The fraction of sp³-hybridized carbons (Fsp3) is 0.294.